The molecule has 1 N–H and O–H groups in total. The van der Waals surface area contributed by atoms with E-state index in [-0.39, 0.29) is 5.82 Å². The number of hydrogen-bond acceptors (Lipinski definition) is 8. The van der Waals surface area contributed by atoms with Crippen molar-refractivity contribution in [3.05, 3.63) is 29.8 Å². The summed E-state index contributed by atoms with van der Waals surface area (Å²) in [5.41, 5.74) is 2.15. The first-order valence-corrected chi connectivity index (χ1v) is 8.04. The zero-order valence-corrected chi connectivity index (χ0v) is 14.6. The number of nitrogens with zero attached hydrogens (tertiary/aromatic N) is 7. The highest BCUT2D eigenvalue weighted by Gasteiger charge is 2.17. The van der Waals surface area contributed by atoms with E-state index in [1.807, 2.05) is 30.9 Å². The molecule has 0 aliphatic rings. The Balaban J connectivity index is 1.58. The number of likely N-dealkylation sites (N-methyl/N-ethyl adjacent to an activating group) is 1. The Kier molecular flexibility index (Phi) is 3.86. The van der Waals surface area contributed by atoms with Gasteiger partial charge >= 0.3 is 0 Å². The lowest BCUT2D eigenvalue weighted by Gasteiger charge is -2.22. The van der Waals surface area contributed by atoms with Crippen molar-refractivity contribution in [1.29, 1.82) is 0 Å². The number of aromatic nitrogens is 6. The minimum Gasteiger partial charge on any atom is -0.360 e. The molecule has 4 rings (SSSR count). The summed E-state index contributed by atoms with van der Waals surface area (Å²) in [6.45, 7) is 0.634. The number of nitrogens with one attached hydrogen (secondary N) is 1. The maximum absolute atomic E-state index is 13.3. The Morgan fingerprint density at radius 3 is 2.50 bits per heavy atom. The molecule has 0 aliphatic heterocycles. The third-order valence-electron chi connectivity index (χ3n) is 4.04. The summed E-state index contributed by atoms with van der Waals surface area (Å²) < 4.78 is 18.0. The van der Waals surface area contributed by atoms with Gasteiger partial charge in [-0.25, -0.2) is 24.0 Å². The predicted octanol–water partition coefficient (Wildman–Crippen LogP) is 1.77. The molecule has 10 heteroatoms. The monoisotopic (exact) mass is 356 g/mol. The molecular formula is C16H17FN8O. The van der Waals surface area contributed by atoms with Crippen LogP contribution in [-0.2, 0) is 6.42 Å². The molecule has 0 unspecified atom stereocenters. The lowest BCUT2D eigenvalue weighted by molar-refractivity contribution is 0.314. The van der Waals surface area contributed by atoms with Crippen LogP contribution in [0.4, 0.5) is 16.0 Å². The highest BCUT2D eigenvalue weighted by Crippen LogP contribution is 2.25. The third-order valence-corrected chi connectivity index (χ3v) is 4.04. The Morgan fingerprint density at radius 2 is 1.77 bits per heavy atom. The van der Waals surface area contributed by atoms with Crippen molar-refractivity contribution >= 4 is 34.0 Å². The lowest BCUT2D eigenvalue weighted by atomic mass is 10.3. The first-order valence-electron chi connectivity index (χ1n) is 8.04. The van der Waals surface area contributed by atoms with Crippen molar-refractivity contribution < 1.29 is 9.02 Å². The van der Waals surface area contributed by atoms with Crippen molar-refractivity contribution in [2.75, 3.05) is 37.5 Å². The normalized spacial score (nSPS) is 11.4. The molecule has 3 aromatic heterocycles. The zero-order chi connectivity index (χ0) is 18.3. The summed E-state index contributed by atoms with van der Waals surface area (Å²) in [6.07, 6.45) is 0.635. The largest absolute Gasteiger partial charge is 0.360 e. The molecule has 0 atom stereocenters. The number of anilines is 2. The van der Waals surface area contributed by atoms with Crippen molar-refractivity contribution in [2.45, 2.75) is 6.42 Å². The van der Waals surface area contributed by atoms with Gasteiger partial charge in [0, 0.05) is 34.1 Å². The van der Waals surface area contributed by atoms with Crippen LogP contribution in [0.2, 0.25) is 0 Å². The van der Waals surface area contributed by atoms with Crippen LogP contribution >= 0.6 is 0 Å². The fraction of sp³-hybridized carbons (Fsp3) is 0.312. The van der Waals surface area contributed by atoms with Crippen LogP contribution in [0.15, 0.2) is 22.8 Å². The maximum Gasteiger partial charge on any atom is 0.245 e. The van der Waals surface area contributed by atoms with Gasteiger partial charge in [-0.1, -0.05) is 0 Å². The van der Waals surface area contributed by atoms with Crippen molar-refractivity contribution in [3.63, 3.8) is 0 Å². The summed E-state index contributed by atoms with van der Waals surface area (Å²) >= 11 is 0. The third kappa shape index (κ3) is 2.89. The zero-order valence-electron chi connectivity index (χ0n) is 14.6. The number of hydrogen-bond donors (Lipinski definition) is 1. The molecule has 0 bridgehead atoms. The van der Waals surface area contributed by atoms with Gasteiger partial charge in [-0.2, -0.15) is 0 Å². The molecule has 134 valence electrons. The van der Waals surface area contributed by atoms with Crippen molar-refractivity contribution in [1.82, 2.24) is 30.2 Å². The second-order valence-corrected chi connectivity index (χ2v) is 6.19. The molecule has 0 saturated heterocycles. The van der Waals surface area contributed by atoms with Gasteiger partial charge in [0.2, 0.25) is 11.3 Å². The smallest absolute Gasteiger partial charge is 0.245 e. The van der Waals surface area contributed by atoms with Gasteiger partial charge in [-0.3, -0.25) is 0 Å². The average Bonchev–Trinajstić information content (AvgIpc) is 3.23. The highest BCUT2D eigenvalue weighted by molar-refractivity contribution is 5.75. The molecule has 0 fully saturated rings. The van der Waals surface area contributed by atoms with Crippen molar-refractivity contribution in [2.24, 2.45) is 0 Å². The highest BCUT2D eigenvalue weighted by atomic mass is 19.1. The molecule has 3 heterocycles. The summed E-state index contributed by atoms with van der Waals surface area (Å²) in [4.78, 5) is 20.4. The SMILES string of the molecule is CN(C)c1nc2nonc2nc1N(C)CCc1nc2ccc(F)cc2[nH]1. The lowest BCUT2D eigenvalue weighted by Crippen LogP contribution is -2.25. The molecule has 0 aliphatic carbocycles. The minimum absolute atomic E-state index is 0.287. The van der Waals surface area contributed by atoms with Crippen molar-refractivity contribution in [3.8, 4) is 0 Å². The molecule has 0 spiro atoms. The number of imidazole rings is 1. The summed E-state index contributed by atoms with van der Waals surface area (Å²) in [5.74, 6) is 1.83. The van der Waals surface area contributed by atoms with Gasteiger partial charge in [0.15, 0.2) is 11.6 Å². The number of H-pyrrole nitrogens is 1. The Hall–Kier alpha value is -3.30. The van der Waals surface area contributed by atoms with Gasteiger partial charge in [0.05, 0.1) is 11.0 Å². The molecule has 9 nitrogen and oxygen atoms in total. The Morgan fingerprint density at radius 1 is 1.04 bits per heavy atom. The Labute approximate surface area is 147 Å². The molecule has 0 radical (unpaired) electrons. The number of benzene rings is 1. The first-order chi connectivity index (χ1) is 12.5. The van der Waals surface area contributed by atoms with Crippen LogP contribution in [0.25, 0.3) is 22.3 Å². The minimum atomic E-state index is -0.287. The van der Waals surface area contributed by atoms with Gasteiger partial charge in [-0.05, 0) is 28.5 Å². The standard InChI is InChI=1S/C16H17FN8O/c1-24(2)15-16(21-14-13(20-15)22-26-23-14)25(3)7-6-12-18-10-5-4-9(17)8-11(10)19-12/h4-5,8H,6-7H2,1-3H3,(H,18,19). The fourth-order valence-corrected chi connectivity index (χ4v) is 2.71. The predicted molar refractivity (Wildman–Crippen MR) is 94.7 cm³/mol. The van der Waals surface area contributed by atoms with Crippen LogP contribution in [-0.4, -0.2) is 57.9 Å². The van der Waals surface area contributed by atoms with Gasteiger partial charge in [0.25, 0.3) is 0 Å². The summed E-state index contributed by atoms with van der Waals surface area (Å²) in [7, 11) is 5.68. The molecule has 0 amide bonds. The van der Waals surface area contributed by atoms with E-state index in [0.717, 1.165) is 11.3 Å². The first kappa shape index (κ1) is 16.2. The maximum atomic E-state index is 13.3. The van der Waals surface area contributed by atoms with Crippen LogP contribution in [0.1, 0.15) is 5.82 Å². The molecule has 26 heavy (non-hydrogen) atoms. The van der Waals surface area contributed by atoms with Gasteiger partial charge in [-0.15, -0.1) is 0 Å². The fourth-order valence-electron chi connectivity index (χ4n) is 2.71. The van der Waals surface area contributed by atoms with Crippen LogP contribution in [0, 0.1) is 5.82 Å². The number of fused-ring (bicyclic) bond motifs is 2. The summed E-state index contributed by atoms with van der Waals surface area (Å²) in [5, 5.41) is 7.50. The van der Waals surface area contributed by atoms with E-state index in [1.165, 1.54) is 12.1 Å². The quantitative estimate of drug-likeness (QED) is 0.577. The van der Waals surface area contributed by atoms with E-state index < -0.39 is 0 Å². The van der Waals surface area contributed by atoms with E-state index in [9.17, 15) is 4.39 Å². The van der Waals surface area contributed by atoms with E-state index in [2.05, 4.69) is 30.2 Å². The Bertz CT molecular complexity index is 1070. The molecule has 1 aromatic carbocycles. The molecular weight excluding hydrogens is 339 g/mol. The second-order valence-electron chi connectivity index (χ2n) is 6.19. The van der Waals surface area contributed by atoms with Gasteiger partial charge in [0.1, 0.15) is 11.6 Å². The number of aromatic amines is 1. The molecule has 4 aromatic rings. The second kappa shape index (κ2) is 6.21. The number of rotatable bonds is 5. The molecule has 0 saturated carbocycles. The number of halogens is 1. The average molecular weight is 356 g/mol. The topological polar surface area (TPSA) is 99.9 Å². The summed E-state index contributed by atoms with van der Waals surface area (Å²) in [6, 6.07) is 4.51. The van der Waals surface area contributed by atoms with Crippen LogP contribution in [0.3, 0.4) is 0 Å². The van der Waals surface area contributed by atoms with E-state index in [0.29, 0.717) is 41.4 Å². The van der Waals surface area contributed by atoms with E-state index in [4.69, 9.17) is 4.63 Å². The van der Waals surface area contributed by atoms with E-state index >= 15 is 0 Å². The van der Waals surface area contributed by atoms with Crippen LogP contribution in [0.5, 0.6) is 0 Å². The van der Waals surface area contributed by atoms with E-state index in [1.54, 1.807) is 6.07 Å². The van der Waals surface area contributed by atoms with Crippen LogP contribution < -0.4 is 9.80 Å². The van der Waals surface area contributed by atoms with Gasteiger partial charge < -0.3 is 14.8 Å².